The van der Waals surface area contributed by atoms with Crippen LogP contribution in [0.5, 0.6) is 0 Å². The van der Waals surface area contributed by atoms with Crippen molar-refractivity contribution in [2.45, 2.75) is 58.6 Å². The highest BCUT2D eigenvalue weighted by Crippen LogP contribution is 2.64. The number of carboxylic acid groups (broad SMARTS) is 1. The Morgan fingerprint density at radius 3 is 2.28 bits per heavy atom. The van der Waals surface area contributed by atoms with E-state index in [0.717, 1.165) is 6.42 Å². The monoisotopic (exact) mass is 655 g/mol. The summed E-state index contributed by atoms with van der Waals surface area (Å²) >= 11 is 0. The van der Waals surface area contributed by atoms with Gasteiger partial charge in [0.15, 0.2) is 0 Å². The first-order valence-electron chi connectivity index (χ1n) is 14.6. The molecule has 0 saturated heterocycles. The number of amides is 3. The van der Waals surface area contributed by atoms with E-state index in [-0.39, 0.29) is 35.3 Å². The van der Waals surface area contributed by atoms with Crippen molar-refractivity contribution in [3.05, 3.63) is 65.7 Å². The fraction of sp³-hybridized carbons (Fsp3) is 0.419. The first kappa shape index (κ1) is 34.2. The molecule has 6 N–H and O–H groups in total. The zero-order valence-corrected chi connectivity index (χ0v) is 26.3. The SMILES string of the molecule is CC1(C)C2CC[C@@]1(CS(=O)(=O)N[C@@H](Cc1ccc(NC(=O)CC(=O)N(C(=N)N)C(=O)OCc3ccccc3)cc1)C(=O)O)C(=O)C2. The van der Waals surface area contributed by atoms with Crippen LogP contribution in [0.25, 0.3) is 0 Å². The molecule has 15 heteroatoms. The number of aliphatic carboxylic acids is 1. The van der Waals surface area contributed by atoms with E-state index in [9.17, 15) is 37.5 Å². The van der Waals surface area contributed by atoms with E-state index in [0.29, 0.717) is 24.0 Å². The maximum Gasteiger partial charge on any atom is 0.423 e. The Bertz CT molecular complexity index is 1640. The maximum absolute atomic E-state index is 13.1. The van der Waals surface area contributed by atoms with E-state index in [1.54, 1.807) is 30.3 Å². The molecule has 2 aliphatic rings. The third kappa shape index (κ3) is 7.42. The number of carbonyl (C=O) groups excluding carboxylic acids is 4. The van der Waals surface area contributed by atoms with Crippen LogP contribution in [0.3, 0.4) is 0 Å². The Morgan fingerprint density at radius 1 is 1.09 bits per heavy atom. The zero-order valence-electron chi connectivity index (χ0n) is 25.4. The van der Waals surface area contributed by atoms with Crippen LogP contribution in [0.4, 0.5) is 10.5 Å². The van der Waals surface area contributed by atoms with Gasteiger partial charge in [0.25, 0.3) is 0 Å². The molecule has 2 aromatic rings. The van der Waals surface area contributed by atoms with Gasteiger partial charge in [-0.15, -0.1) is 0 Å². The summed E-state index contributed by atoms with van der Waals surface area (Å²) in [6.45, 7) is 3.62. The van der Waals surface area contributed by atoms with Crippen LogP contribution in [0.2, 0.25) is 0 Å². The van der Waals surface area contributed by atoms with Gasteiger partial charge in [-0.1, -0.05) is 56.3 Å². The van der Waals surface area contributed by atoms with Crippen molar-refractivity contribution in [2.75, 3.05) is 11.1 Å². The fourth-order valence-corrected chi connectivity index (χ4v) is 8.40. The van der Waals surface area contributed by atoms with Gasteiger partial charge in [-0.25, -0.2) is 17.9 Å². The molecule has 0 heterocycles. The molecule has 2 fully saturated rings. The van der Waals surface area contributed by atoms with Gasteiger partial charge in [0.05, 0.1) is 5.75 Å². The number of guanidine groups is 1. The lowest BCUT2D eigenvalue weighted by Gasteiger charge is -2.36. The van der Waals surface area contributed by atoms with E-state index in [1.807, 2.05) is 13.8 Å². The van der Waals surface area contributed by atoms with Crippen molar-refractivity contribution >= 4 is 51.3 Å². The maximum atomic E-state index is 13.1. The number of nitrogens with zero attached hydrogens (tertiary/aromatic N) is 1. The number of anilines is 1. The number of sulfonamides is 1. The second-order valence-electron chi connectivity index (χ2n) is 12.2. The number of nitrogens with two attached hydrogens (primary N) is 1. The van der Waals surface area contributed by atoms with Crippen LogP contribution < -0.4 is 15.8 Å². The largest absolute Gasteiger partial charge is 0.480 e. The van der Waals surface area contributed by atoms with E-state index in [4.69, 9.17) is 15.9 Å². The standard InChI is InChI=1S/C31H37N5O9S/c1-30(2)21-12-13-31(30,24(37)15-21)18-46(43,44)35-23(27(40)41)14-19-8-10-22(11-9-19)34-25(38)16-26(39)36(28(32)33)29(42)45-17-20-6-4-3-5-7-20/h3-11,21,23,35H,12-18H2,1-2H3,(H3,32,33)(H,34,38)(H,40,41)/t21?,23-,31+/m0/s1. The number of ether oxygens (including phenoxy) is 1. The number of hydrogen-bond acceptors (Lipinski definition) is 9. The highest BCUT2D eigenvalue weighted by molar-refractivity contribution is 7.89. The predicted molar refractivity (Wildman–Crippen MR) is 166 cm³/mol. The molecular weight excluding hydrogens is 618 g/mol. The van der Waals surface area contributed by atoms with Gasteiger partial charge < -0.3 is 20.9 Å². The Kier molecular flexibility index (Phi) is 9.97. The summed E-state index contributed by atoms with van der Waals surface area (Å²) in [4.78, 5) is 62.6. The zero-order chi connectivity index (χ0) is 33.9. The first-order valence-corrected chi connectivity index (χ1v) is 16.2. The molecule has 2 bridgehead atoms. The van der Waals surface area contributed by atoms with Crippen molar-refractivity contribution in [3.63, 3.8) is 0 Å². The molecule has 2 saturated carbocycles. The topological polar surface area (TPSA) is 226 Å². The van der Waals surface area contributed by atoms with Gasteiger partial charge in [0, 0.05) is 17.5 Å². The predicted octanol–water partition coefficient (Wildman–Crippen LogP) is 2.38. The number of fused-ring (bicyclic) bond motifs is 2. The molecule has 2 aliphatic carbocycles. The van der Waals surface area contributed by atoms with Gasteiger partial charge >= 0.3 is 12.1 Å². The van der Waals surface area contributed by atoms with Gasteiger partial charge in [0.2, 0.25) is 27.8 Å². The van der Waals surface area contributed by atoms with Crippen LogP contribution in [-0.2, 0) is 47.0 Å². The number of rotatable bonds is 12. The third-order valence-electron chi connectivity index (χ3n) is 9.06. The lowest BCUT2D eigenvalue weighted by molar-refractivity contribution is -0.139. The van der Waals surface area contributed by atoms with Gasteiger partial charge in [-0.2, -0.15) is 4.90 Å². The lowest BCUT2D eigenvalue weighted by Crippen LogP contribution is -2.49. The van der Waals surface area contributed by atoms with Crippen molar-refractivity contribution < 1.29 is 42.2 Å². The average Bonchev–Trinajstić information content (AvgIpc) is 3.31. The van der Waals surface area contributed by atoms with Crippen LogP contribution in [-0.4, -0.2) is 65.8 Å². The smallest absolute Gasteiger partial charge is 0.423 e. The molecule has 0 aliphatic heterocycles. The molecule has 3 amide bonds. The fourth-order valence-electron chi connectivity index (χ4n) is 6.37. The van der Waals surface area contributed by atoms with Crippen molar-refractivity contribution in [2.24, 2.45) is 22.5 Å². The Labute approximate surface area is 266 Å². The van der Waals surface area contributed by atoms with Crippen molar-refractivity contribution in [3.8, 4) is 0 Å². The van der Waals surface area contributed by atoms with Gasteiger partial charge in [-0.3, -0.25) is 24.6 Å². The minimum Gasteiger partial charge on any atom is -0.480 e. The minimum absolute atomic E-state index is 0.0951. The van der Waals surface area contributed by atoms with E-state index in [2.05, 4.69) is 10.0 Å². The number of imide groups is 1. The number of benzene rings is 2. The minimum atomic E-state index is -4.15. The van der Waals surface area contributed by atoms with E-state index >= 15 is 0 Å². The molecular formula is C31H37N5O9S. The lowest BCUT2D eigenvalue weighted by atomic mass is 9.70. The summed E-state index contributed by atoms with van der Waals surface area (Å²) in [5, 5.41) is 19.8. The molecule has 0 spiro atoms. The molecule has 246 valence electrons. The van der Waals surface area contributed by atoms with Gasteiger partial charge in [0.1, 0.15) is 24.9 Å². The highest BCUT2D eigenvalue weighted by Gasteiger charge is 2.65. The molecule has 0 aromatic heterocycles. The molecule has 14 nitrogen and oxygen atoms in total. The van der Waals surface area contributed by atoms with E-state index in [1.165, 1.54) is 24.3 Å². The molecule has 46 heavy (non-hydrogen) atoms. The Balaban J connectivity index is 1.33. The first-order chi connectivity index (χ1) is 21.5. The number of ketones is 1. The van der Waals surface area contributed by atoms with Crippen LogP contribution in [0.1, 0.15) is 50.7 Å². The molecule has 4 rings (SSSR count). The molecule has 2 aromatic carbocycles. The molecule has 0 radical (unpaired) electrons. The summed E-state index contributed by atoms with van der Waals surface area (Å²) < 4.78 is 33.6. The third-order valence-corrected chi connectivity index (χ3v) is 10.6. The van der Waals surface area contributed by atoms with Crippen LogP contribution in [0, 0.1) is 22.2 Å². The summed E-state index contributed by atoms with van der Waals surface area (Å²) in [6, 6.07) is 12.9. The van der Waals surface area contributed by atoms with Crippen molar-refractivity contribution in [1.29, 1.82) is 5.41 Å². The summed E-state index contributed by atoms with van der Waals surface area (Å²) in [7, 11) is -4.15. The summed E-state index contributed by atoms with van der Waals surface area (Å²) in [5.41, 5.74) is 5.14. The molecule has 3 atom stereocenters. The summed E-state index contributed by atoms with van der Waals surface area (Å²) in [5.74, 6) is -4.69. The number of nitrogens with one attached hydrogen (secondary N) is 3. The summed E-state index contributed by atoms with van der Waals surface area (Å²) in [6.07, 6.45) is -0.736. The van der Waals surface area contributed by atoms with Crippen LogP contribution >= 0.6 is 0 Å². The Morgan fingerprint density at radius 2 is 1.74 bits per heavy atom. The second kappa shape index (κ2) is 13.4. The van der Waals surface area contributed by atoms with Gasteiger partial charge in [-0.05, 0) is 53.9 Å². The number of carbonyl (C=O) groups is 5. The second-order valence-corrected chi connectivity index (χ2v) is 14.0. The van der Waals surface area contributed by atoms with Crippen LogP contribution in [0.15, 0.2) is 54.6 Å². The molecule has 1 unspecified atom stereocenters. The van der Waals surface area contributed by atoms with E-state index < -0.39 is 68.9 Å². The number of hydrogen-bond donors (Lipinski definition) is 5. The highest BCUT2D eigenvalue weighted by atomic mass is 32.2. The number of Topliss-reactive ketones (excluding diaryl/α,β-unsaturated/α-hetero) is 1. The average molecular weight is 656 g/mol. The quantitative estimate of drug-likeness (QED) is 0.127. The normalized spacial score (nSPS) is 20.5. The number of carboxylic acids is 1. The van der Waals surface area contributed by atoms with Crippen molar-refractivity contribution in [1.82, 2.24) is 9.62 Å². The Hall–Kier alpha value is -4.63.